The molecule has 1 aromatic carbocycles. The molecule has 0 bridgehead atoms. The summed E-state index contributed by atoms with van der Waals surface area (Å²) in [6.07, 6.45) is 0. The lowest BCUT2D eigenvalue weighted by Gasteiger charge is -2.36. The van der Waals surface area contributed by atoms with Crippen molar-refractivity contribution in [2.75, 3.05) is 45.3 Å². The van der Waals surface area contributed by atoms with Crippen molar-refractivity contribution in [3.63, 3.8) is 0 Å². The van der Waals surface area contributed by atoms with E-state index in [4.69, 9.17) is 15.2 Å². The molecule has 0 radical (unpaired) electrons. The van der Waals surface area contributed by atoms with E-state index in [9.17, 15) is 0 Å². The van der Waals surface area contributed by atoms with Crippen LogP contribution in [-0.4, -0.2) is 56.9 Å². The molecule has 1 aliphatic heterocycles. The first kappa shape index (κ1) is 17.6. The molecule has 23 heavy (non-hydrogen) atoms. The molecule has 6 nitrogen and oxygen atoms in total. The highest BCUT2D eigenvalue weighted by Gasteiger charge is 2.23. The molecule has 1 aromatic rings. The summed E-state index contributed by atoms with van der Waals surface area (Å²) in [4.78, 5) is 6.97. The number of nitrogens with one attached hydrogen (secondary N) is 1. The quantitative estimate of drug-likeness (QED) is 0.617. The van der Waals surface area contributed by atoms with Crippen LogP contribution in [0.3, 0.4) is 0 Å². The average molecular weight is 320 g/mol. The van der Waals surface area contributed by atoms with E-state index in [2.05, 4.69) is 29.1 Å². The van der Waals surface area contributed by atoms with Crippen LogP contribution in [0.2, 0.25) is 0 Å². The topological polar surface area (TPSA) is 72.1 Å². The summed E-state index contributed by atoms with van der Waals surface area (Å²) >= 11 is 0. The molecule has 6 heteroatoms. The Kier molecular flexibility index (Phi) is 6.67. The summed E-state index contributed by atoms with van der Waals surface area (Å²) in [6.45, 7) is 8.64. The van der Waals surface area contributed by atoms with Gasteiger partial charge < -0.3 is 20.5 Å². The van der Waals surface area contributed by atoms with Crippen LogP contribution >= 0.6 is 0 Å². The summed E-state index contributed by atoms with van der Waals surface area (Å²) in [5.41, 5.74) is 6.90. The Morgan fingerprint density at radius 3 is 2.78 bits per heavy atom. The number of nitrogens with two attached hydrogens (primary N) is 1. The first-order chi connectivity index (χ1) is 11.1. The van der Waals surface area contributed by atoms with Gasteiger partial charge >= 0.3 is 0 Å². The Morgan fingerprint density at radius 1 is 1.39 bits per heavy atom. The van der Waals surface area contributed by atoms with E-state index in [1.165, 1.54) is 0 Å². The Labute approximate surface area is 138 Å². The maximum Gasteiger partial charge on any atom is 0.193 e. The van der Waals surface area contributed by atoms with Gasteiger partial charge in [-0.2, -0.15) is 0 Å². The number of hydrogen-bond donors (Lipinski definition) is 2. The Balaban J connectivity index is 1.95. The smallest absolute Gasteiger partial charge is 0.193 e. The average Bonchev–Trinajstić information content (AvgIpc) is 2.56. The van der Waals surface area contributed by atoms with Crippen molar-refractivity contribution in [1.29, 1.82) is 0 Å². The number of guanidine groups is 1. The fraction of sp³-hybridized carbons (Fsp3) is 0.588. The van der Waals surface area contributed by atoms with Crippen LogP contribution in [0.4, 0.5) is 5.69 Å². The molecule has 0 amide bonds. The van der Waals surface area contributed by atoms with Crippen molar-refractivity contribution in [3.8, 4) is 5.75 Å². The monoisotopic (exact) mass is 320 g/mol. The lowest BCUT2D eigenvalue weighted by molar-refractivity contribution is 0.00870. The predicted octanol–water partition coefficient (Wildman–Crippen LogP) is 1.78. The minimum atomic E-state index is 0.379. The second kappa shape index (κ2) is 8.74. The molecule has 1 aliphatic rings. The minimum Gasteiger partial charge on any atom is -0.497 e. The van der Waals surface area contributed by atoms with Crippen LogP contribution in [0.25, 0.3) is 0 Å². The van der Waals surface area contributed by atoms with Gasteiger partial charge in [-0.25, -0.2) is 0 Å². The fourth-order valence-electron chi connectivity index (χ4n) is 2.74. The second-order valence-electron chi connectivity index (χ2n) is 6.04. The zero-order valence-corrected chi connectivity index (χ0v) is 14.3. The lowest BCUT2D eigenvalue weighted by atomic mass is 10.0. The minimum absolute atomic E-state index is 0.379. The van der Waals surface area contributed by atoms with Crippen LogP contribution in [0.5, 0.6) is 5.75 Å². The summed E-state index contributed by atoms with van der Waals surface area (Å²) in [5.74, 6) is 1.73. The lowest BCUT2D eigenvalue weighted by Crippen LogP contribution is -2.47. The molecule has 128 valence electrons. The highest BCUT2D eigenvalue weighted by molar-refractivity contribution is 5.92. The zero-order valence-electron chi connectivity index (χ0n) is 14.3. The highest BCUT2D eigenvalue weighted by Crippen LogP contribution is 2.17. The first-order valence-corrected chi connectivity index (χ1v) is 8.13. The highest BCUT2D eigenvalue weighted by atomic mass is 16.5. The third-order valence-electron chi connectivity index (χ3n) is 4.08. The standard InChI is InChI=1S/C17H28N4O2/c1-13(2)16(21-7-9-23-10-8-21)12-19-17(18)20-14-5-4-6-15(11-14)22-3/h4-6,11,13,16H,7-10,12H2,1-3H3,(H3,18,19,20). The van der Waals surface area contributed by atoms with Crippen LogP contribution < -0.4 is 15.8 Å². The van der Waals surface area contributed by atoms with Gasteiger partial charge in [-0.15, -0.1) is 0 Å². The maximum atomic E-state index is 6.03. The third kappa shape index (κ3) is 5.41. The van der Waals surface area contributed by atoms with Gasteiger partial charge in [0, 0.05) is 30.9 Å². The van der Waals surface area contributed by atoms with E-state index in [-0.39, 0.29) is 0 Å². The summed E-state index contributed by atoms with van der Waals surface area (Å²) in [7, 11) is 1.64. The molecular formula is C17H28N4O2. The molecule has 0 aliphatic carbocycles. The van der Waals surface area contributed by atoms with Crippen LogP contribution in [-0.2, 0) is 4.74 Å². The molecule has 0 saturated carbocycles. The molecule has 1 atom stereocenters. The number of rotatable bonds is 6. The van der Waals surface area contributed by atoms with Crippen LogP contribution in [0, 0.1) is 5.92 Å². The number of ether oxygens (including phenoxy) is 2. The van der Waals surface area contributed by atoms with E-state index < -0.39 is 0 Å². The Bertz CT molecular complexity index is 513. The van der Waals surface area contributed by atoms with Crippen molar-refractivity contribution in [3.05, 3.63) is 24.3 Å². The molecule has 2 rings (SSSR count). The van der Waals surface area contributed by atoms with Gasteiger partial charge in [0.15, 0.2) is 5.96 Å². The number of methoxy groups -OCH3 is 1. The largest absolute Gasteiger partial charge is 0.497 e. The van der Waals surface area contributed by atoms with Gasteiger partial charge in [0.2, 0.25) is 0 Å². The third-order valence-corrected chi connectivity index (χ3v) is 4.08. The number of nitrogens with zero attached hydrogens (tertiary/aromatic N) is 2. The van der Waals surface area contributed by atoms with Crippen LogP contribution in [0.1, 0.15) is 13.8 Å². The normalized spacial score (nSPS) is 18.0. The van der Waals surface area contributed by atoms with Crippen molar-refractivity contribution in [1.82, 2.24) is 4.90 Å². The van der Waals surface area contributed by atoms with Crippen molar-refractivity contribution < 1.29 is 9.47 Å². The number of aliphatic imine (C=N–C) groups is 1. The molecule has 1 saturated heterocycles. The van der Waals surface area contributed by atoms with Gasteiger partial charge in [0.05, 0.1) is 26.9 Å². The van der Waals surface area contributed by atoms with E-state index in [0.29, 0.717) is 24.5 Å². The second-order valence-corrected chi connectivity index (χ2v) is 6.04. The number of hydrogen-bond acceptors (Lipinski definition) is 4. The van der Waals surface area contributed by atoms with Gasteiger partial charge in [-0.3, -0.25) is 9.89 Å². The zero-order chi connectivity index (χ0) is 16.7. The predicted molar refractivity (Wildman–Crippen MR) is 94.1 cm³/mol. The van der Waals surface area contributed by atoms with Gasteiger partial charge in [0.1, 0.15) is 5.75 Å². The summed E-state index contributed by atoms with van der Waals surface area (Å²) in [5, 5.41) is 3.12. The van der Waals surface area contributed by atoms with Crippen molar-refractivity contribution >= 4 is 11.6 Å². The molecule has 1 heterocycles. The van der Waals surface area contributed by atoms with Gasteiger partial charge in [-0.1, -0.05) is 19.9 Å². The number of morpholine rings is 1. The van der Waals surface area contributed by atoms with Gasteiger partial charge in [0.25, 0.3) is 0 Å². The molecule has 1 unspecified atom stereocenters. The molecule has 1 fully saturated rings. The maximum absolute atomic E-state index is 6.03. The SMILES string of the molecule is COc1cccc(NC(N)=NCC(C(C)C)N2CCOCC2)c1. The molecule has 0 aromatic heterocycles. The Hall–Kier alpha value is -1.79. The molecule has 0 spiro atoms. The van der Waals surface area contributed by atoms with Crippen molar-refractivity contribution in [2.24, 2.45) is 16.6 Å². The Morgan fingerprint density at radius 2 is 2.13 bits per heavy atom. The molecular weight excluding hydrogens is 292 g/mol. The van der Waals surface area contributed by atoms with E-state index in [1.807, 2.05) is 24.3 Å². The number of benzene rings is 1. The van der Waals surface area contributed by atoms with Crippen LogP contribution in [0.15, 0.2) is 29.3 Å². The number of anilines is 1. The summed E-state index contributed by atoms with van der Waals surface area (Å²) in [6, 6.07) is 8.02. The molecule has 3 N–H and O–H groups in total. The van der Waals surface area contributed by atoms with E-state index in [0.717, 1.165) is 37.7 Å². The first-order valence-electron chi connectivity index (χ1n) is 8.13. The fourth-order valence-corrected chi connectivity index (χ4v) is 2.74. The van der Waals surface area contributed by atoms with Crippen molar-refractivity contribution in [2.45, 2.75) is 19.9 Å². The summed E-state index contributed by atoms with van der Waals surface area (Å²) < 4.78 is 10.6. The van der Waals surface area contributed by atoms with E-state index in [1.54, 1.807) is 7.11 Å². The van der Waals surface area contributed by atoms with E-state index >= 15 is 0 Å². The van der Waals surface area contributed by atoms with Gasteiger partial charge in [-0.05, 0) is 18.1 Å².